The maximum absolute atomic E-state index is 12.3. The van der Waals surface area contributed by atoms with Gasteiger partial charge in [-0.05, 0) is 37.8 Å². The van der Waals surface area contributed by atoms with E-state index in [1.807, 2.05) is 45.9 Å². The van der Waals surface area contributed by atoms with Crippen molar-refractivity contribution in [2.45, 2.75) is 52.5 Å². The molecule has 0 saturated carbocycles. The molecule has 5 nitrogen and oxygen atoms in total. The van der Waals surface area contributed by atoms with Crippen molar-refractivity contribution in [2.24, 2.45) is 10.9 Å². The number of oxime groups is 1. The number of carbonyl (C=O) groups is 1. The van der Waals surface area contributed by atoms with Crippen molar-refractivity contribution in [1.82, 2.24) is 5.32 Å². The average Bonchev–Trinajstić information content (AvgIpc) is 2.47. The summed E-state index contributed by atoms with van der Waals surface area (Å²) in [6, 6.07) is 6.04. The maximum Gasteiger partial charge on any atom is 0.225 e. The number of nitrogens with zero attached hydrogens (tertiary/aromatic N) is 1. The Morgan fingerprint density at radius 2 is 1.95 bits per heavy atom. The van der Waals surface area contributed by atoms with Crippen molar-refractivity contribution >= 4 is 11.7 Å². The van der Waals surface area contributed by atoms with Crippen LogP contribution in [0.2, 0.25) is 0 Å². The summed E-state index contributed by atoms with van der Waals surface area (Å²) in [5.41, 5.74) is 8.16. The number of amidine groups is 1. The number of aryl methyl sites for hydroxylation is 2. The number of nitrogens with one attached hydrogen (secondary N) is 1. The van der Waals surface area contributed by atoms with Gasteiger partial charge in [-0.2, -0.15) is 0 Å². The van der Waals surface area contributed by atoms with E-state index in [2.05, 4.69) is 10.5 Å². The van der Waals surface area contributed by atoms with Gasteiger partial charge in [-0.3, -0.25) is 4.79 Å². The Kier molecular flexibility index (Phi) is 5.76. The summed E-state index contributed by atoms with van der Waals surface area (Å²) < 4.78 is 0. The van der Waals surface area contributed by atoms with Gasteiger partial charge in [0.1, 0.15) is 5.54 Å². The lowest BCUT2D eigenvalue weighted by Gasteiger charge is -2.31. The number of amides is 1. The molecule has 1 aromatic rings. The quantitative estimate of drug-likeness (QED) is 0.325. The molecule has 0 fully saturated rings. The highest BCUT2D eigenvalue weighted by Gasteiger charge is 2.33. The van der Waals surface area contributed by atoms with Crippen molar-refractivity contribution in [3.05, 3.63) is 34.9 Å². The van der Waals surface area contributed by atoms with Gasteiger partial charge in [0.15, 0.2) is 5.84 Å². The van der Waals surface area contributed by atoms with Gasteiger partial charge in [0.2, 0.25) is 5.91 Å². The van der Waals surface area contributed by atoms with Gasteiger partial charge in [-0.15, -0.1) is 0 Å². The SMILES string of the molecule is CCC(CC)(NC(=O)Cc1cc(C)ccc1C)C(N)=NO. The van der Waals surface area contributed by atoms with E-state index in [-0.39, 0.29) is 18.2 Å². The van der Waals surface area contributed by atoms with Gasteiger partial charge in [0.05, 0.1) is 6.42 Å². The van der Waals surface area contributed by atoms with Crippen LogP contribution in [0.15, 0.2) is 23.4 Å². The van der Waals surface area contributed by atoms with Gasteiger partial charge in [-0.1, -0.05) is 42.8 Å². The molecule has 0 aliphatic rings. The largest absolute Gasteiger partial charge is 0.409 e. The lowest BCUT2D eigenvalue weighted by molar-refractivity contribution is -0.121. The molecular weight excluding hydrogens is 266 g/mol. The Morgan fingerprint density at radius 1 is 1.33 bits per heavy atom. The summed E-state index contributed by atoms with van der Waals surface area (Å²) in [5, 5.41) is 14.9. The van der Waals surface area contributed by atoms with Gasteiger partial charge in [0, 0.05) is 0 Å². The highest BCUT2D eigenvalue weighted by molar-refractivity contribution is 5.94. The van der Waals surface area contributed by atoms with Crippen LogP contribution in [-0.4, -0.2) is 22.5 Å². The smallest absolute Gasteiger partial charge is 0.225 e. The van der Waals surface area contributed by atoms with Crippen LogP contribution in [0.1, 0.15) is 43.4 Å². The van der Waals surface area contributed by atoms with E-state index < -0.39 is 5.54 Å². The monoisotopic (exact) mass is 291 g/mol. The molecule has 0 radical (unpaired) electrons. The fourth-order valence-electron chi connectivity index (χ4n) is 2.42. The minimum Gasteiger partial charge on any atom is -0.409 e. The second-order valence-corrected chi connectivity index (χ2v) is 5.43. The average molecular weight is 291 g/mol. The lowest BCUT2D eigenvalue weighted by atomic mass is 9.90. The first-order valence-corrected chi connectivity index (χ1v) is 7.23. The first-order valence-electron chi connectivity index (χ1n) is 7.23. The molecule has 1 rings (SSSR count). The van der Waals surface area contributed by atoms with E-state index in [1.165, 1.54) is 0 Å². The summed E-state index contributed by atoms with van der Waals surface area (Å²) in [5.74, 6) is -0.0826. The van der Waals surface area contributed by atoms with Gasteiger partial charge < -0.3 is 16.3 Å². The highest BCUT2D eigenvalue weighted by atomic mass is 16.4. The maximum atomic E-state index is 12.3. The zero-order chi connectivity index (χ0) is 16.0. The summed E-state index contributed by atoms with van der Waals surface area (Å²) >= 11 is 0. The Morgan fingerprint density at radius 3 is 2.48 bits per heavy atom. The molecule has 0 spiro atoms. The van der Waals surface area contributed by atoms with E-state index in [1.54, 1.807) is 0 Å². The van der Waals surface area contributed by atoms with Gasteiger partial charge in [-0.25, -0.2) is 0 Å². The number of hydrogen-bond donors (Lipinski definition) is 3. The normalized spacial score (nSPS) is 12.3. The number of carbonyl (C=O) groups excluding carboxylic acids is 1. The second kappa shape index (κ2) is 7.11. The minimum atomic E-state index is -0.788. The fourth-order valence-corrected chi connectivity index (χ4v) is 2.42. The Balaban J connectivity index is 2.91. The predicted octanol–water partition coefficient (Wildman–Crippen LogP) is 2.27. The van der Waals surface area contributed by atoms with Crippen molar-refractivity contribution in [3.63, 3.8) is 0 Å². The molecule has 21 heavy (non-hydrogen) atoms. The van der Waals surface area contributed by atoms with E-state index in [0.29, 0.717) is 12.8 Å². The molecule has 5 heteroatoms. The Labute approximate surface area is 126 Å². The number of nitrogens with two attached hydrogens (primary N) is 1. The molecule has 1 amide bonds. The van der Waals surface area contributed by atoms with Crippen molar-refractivity contribution < 1.29 is 10.0 Å². The van der Waals surface area contributed by atoms with Crippen LogP contribution < -0.4 is 11.1 Å². The molecule has 0 aliphatic carbocycles. The summed E-state index contributed by atoms with van der Waals surface area (Å²) in [6.45, 7) is 7.79. The summed E-state index contributed by atoms with van der Waals surface area (Å²) in [7, 11) is 0. The predicted molar refractivity (Wildman–Crippen MR) is 84.5 cm³/mol. The fraction of sp³-hybridized carbons (Fsp3) is 0.500. The van der Waals surface area contributed by atoms with Crippen molar-refractivity contribution in [3.8, 4) is 0 Å². The zero-order valence-corrected chi connectivity index (χ0v) is 13.2. The van der Waals surface area contributed by atoms with Crippen molar-refractivity contribution in [1.29, 1.82) is 0 Å². The molecule has 0 bridgehead atoms. The number of rotatable bonds is 6. The Bertz CT molecular complexity index is 534. The highest BCUT2D eigenvalue weighted by Crippen LogP contribution is 2.17. The molecule has 1 aromatic carbocycles. The third-order valence-electron chi connectivity index (χ3n) is 4.04. The van der Waals surface area contributed by atoms with E-state index >= 15 is 0 Å². The molecular formula is C16H25N3O2. The van der Waals surface area contributed by atoms with Crippen molar-refractivity contribution in [2.75, 3.05) is 0 Å². The van der Waals surface area contributed by atoms with Crippen LogP contribution in [0.4, 0.5) is 0 Å². The zero-order valence-electron chi connectivity index (χ0n) is 13.2. The molecule has 0 aliphatic heterocycles. The topological polar surface area (TPSA) is 87.7 Å². The molecule has 0 heterocycles. The first kappa shape index (κ1) is 17.0. The summed E-state index contributed by atoms with van der Waals surface area (Å²) in [4.78, 5) is 12.3. The third-order valence-corrected chi connectivity index (χ3v) is 4.04. The lowest BCUT2D eigenvalue weighted by Crippen LogP contribution is -2.57. The van der Waals surface area contributed by atoms with Crippen LogP contribution in [0.25, 0.3) is 0 Å². The van der Waals surface area contributed by atoms with Crippen LogP contribution in [0.5, 0.6) is 0 Å². The molecule has 0 aromatic heterocycles. The van der Waals surface area contributed by atoms with Gasteiger partial charge >= 0.3 is 0 Å². The number of benzene rings is 1. The van der Waals surface area contributed by atoms with E-state index in [0.717, 1.165) is 16.7 Å². The third kappa shape index (κ3) is 3.97. The number of hydrogen-bond acceptors (Lipinski definition) is 3. The van der Waals surface area contributed by atoms with Crippen LogP contribution in [0.3, 0.4) is 0 Å². The first-order chi connectivity index (χ1) is 9.88. The van der Waals surface area contributed by atoms with E-state index in [9.17, 15) is 4.79 Å². The Hall–Kier alpha value is -2.04. The van der Waals surface area contributed by atoms with Crippen LogP contribution in [-0.2, 0) is 11.2 Å². The molecule has 4 N–H and O–H groups in total. The molecule has 116 valence electrons. The van der Waals surface area contributed by atoms with Crippen LogP contribution in [0, 0.1) is 13.8 Å². The standard InChI is InChI=1S/C16H25N3O2/c1-5-16(6-2,15(17)19-21)18-14(20)10-13-9-11(3)7-8-12(13)4/h7-9,21H,5-6,10H2,1-4H3,(H2,17,19)(H,18,20). The second-order valence-electron chi connectivity index (χ2n) is 5.43. The summed E-state index contributed by atoms with van der Waals surface area (Å²) in [6.07, 6.45) is 1.42. The van der Waals surface area contributed by atoms with E-state index in [4.69, 9.17) is 10.9 Å². The molecule has 0 saturated heterocycles. The van der Waals surface area contributed by atoms with Gasteiger partial charge in [0.25, 0.3) is 0 Å². The molecule has 0 atom stereocenters. The van der Waals surface area contributed by atoms with Crippen LogP contribution >= 0.6 is 0 Å². The molecule has 0 unspecified atom stereocenters. The minimum absolute atomic E-state index is 0.0433.